The molecule has 0 spiro atoms. The number of rotatable bonds is 6. The molecule has 1 amide bonds. The highest BCUT2D eigenvalue weighted by Gasteiger charge is 2.37. The van der Waals surface area contributed by atoms with Crippen LogP contribution in [0.1, 0.15) is 32.3 Å². The summed E-state index contributed by atoms with van der Waals surface area (Å²) >= 11 is 0. The van der Waals surface area contributed by atoms with Gasteiger partial charge in [-0.15, -0.1) is 0 Å². The third-order valence-corrected chi connectivity index (χ3v) is 4.74. The van der Waals surface area contributed by atoms with E-state index in [2.05, 4.69) is 4.99 Å². The zero-order valence-electron chi connectivity index (χ0n) is 15.5. The quantitative estimate of drug-likeness (QED) is 0.447. The number of hydroxylamine groups is 1. The molecule has 0 saturated carbocycles. The molecule has 1 aliphatic rings. The lowest BCUT2D eigenvalue weighted by atomic mass is 9.95. The van der Waals surface area contributed by atoms with Crippen LogP contribution >= 0.6 is 0 Å². The van der Waals surface area contributed by atoms with Gasteiger partial charge in [-0.3, -0.25) is 15.5 Å². The van der Waals surface area contributed by atoms with Crippen molar-refractivity contribution in [2.45, 2.75) is 32.9 Å². The van der Waals surface area contributed by atoms with Gasteiger partial charge in [0.25, 0.3) is 0 Å². The lowest BCUT2D eigenvalue weighted by Gasteiger charge is -2.37. The number of nitrogens with zero attached hydrogens (tertiary/aromatic N) is 3. The SMILES string of the molecule is CCN(CC)C(=O)C1CCCN(c2ccc(N=CNO)cc2C(F)(F)F)C1. The molecule has 0 aliphatic carbocycles. The third kappa shape index (κ3) is 5.12. The summed E-state index contributed by atoms with van der Waals surface area (Å²) in [5.41, 5.74) is 0.988. The van der Waals surface area contributed by atoms with Crippen LogP contribution in [0, 0.1) is 5.92 Å². The minimum atomic E-state index is -4.55. The normalized spacial score (nSPS) is 18.0. The van der Waals surface area contributed by atoms with Crippen molar-refractivity contribution >= 4 is 23.6 Å². The van der Waals surface area contributed by atoms with Crippen molar-refractivity contribution in [1.82, 2.24) is 10.4 Å². The molecule has 1 saturated heterocycles. The van der Waals surface area contributed by atoms with E-state index in [1.807, 2.05) is 13.8 Å². The lowest BCUT2D eigenvalue weighted by molar-refractivity contribution is -0.137. The number of halogens is 3. The Balaban J connectivity index is 2.30. The van der Waals surface area contributed by atoms with Crippen molar-refractivity contribution in [3.05, 3.63) is 23.8 Å². The summed E-state index contributed by atoms with van der Waals surface area (Å²) in [7, 11) is 0. The van der Waals surface area contributed by atoms with E-state index in [-0.39, 0.29) is 29.7 Å². The molecule has 2 rings (SSSR count). The van der Waals surface area contributed by atoms with Gasteiger partial charge in [0.05, 0.1) is 17.2 Å². The summed E-state index contributed by atoms with van der Waals surface area (Å²) in [5, 5.41) is 8.52. The fraction of sp³-hybridized carbons (Fsp3) is 0.556. The number of amides is 1. The number of hydrogen-bond acceptors (Lipinski definition) is 4. The number of alkyl halides is 3. The highest BCUT2D eigenvalue weighted by Crippen LogP contribution is 2.40. The Labute approximate surface area is 156 Å². The molecule has 1 fully saturated rings. The number of carbonyl (C=O) groups excluding carboxylic acids is 1. The van der Waals surface area contributed by atoms with E-state index in [9.17, 15) is 18.0 Å². The van der Waals surface area contributed by atoms with E-state index in [0.717, 1.165) is 12.4 Å². The predicted molar refractivity (Wildman–Crippen MR) is 97.4 cm³/mol. The first kappa shape index (κ1) is 21.0. The van der Waals surface area contributed by atoms with Gasteiger partial charge in [0, 0.05) is 31.9 Å². The van der Waals surface area contributed by atoms with Gasteiger partial charge in [0.1, 0.15) is 6.34 Å². The van der Waals surface area contributed by atoms with Gasteiger partial charge in [-0.1, -0.05) is 0 Å². The number of aliphatic imine (C=N–C) groups is 1. The zero-order valence-corrected chi connectivity index (χ0v) is 15.5. The first-order valence-electron chi connectivity index (χ1n) is 8.98. The van der Waals surface area contributed by atoms with Crippen LogP contribution in [0.15, 0.2) is 23.2 Å². The zero-order chi connectivity index (χ0) is 20.0. The Hall–Kier alpha value is -2.29. The molecule has 0 aromatic heterocycles. The minimum absolute atomic E-state index is 0.00602. The van der Waals surface area contributed by atoms with Crippen LogP contribution in [-0.2, 0) is 11.0 Å². The van der Waals surface area contributed by atoms with Crippen LogP contribution in [0.25, 0.3) is 0 Å². The Morgan fingerprint density at radius 1 is 1.41 bits per heavy atom. The molecule has 1 aliphatic heterocycles. The molecule has 2 N–H and O–H groups in total. The second kappa shape index (κ2) is 9.07. The maximum atomic E-state index is 13.6. The summed E-state index contributed by atoms with van der Waals surface area (Å²) in [6.07, 6.45) is -2.32. The van der Waals surface area contributed by atoms with Gasteiger partial charge in [0.15, 0.2) is 0 Å². The van der Waals surface area contributed by atoms with Gasteiger partial charge in [-0.05, 0) is 44.9 Å². The van der Waals surface area contributed by atoms with Crippen molar-refractivity contribution in [3.63, 3.8) is 0 Å². The first-order valence-corrected chi connectivity index (χ1v) is 8.98. The summed E-state index contributed by atoms with van der Waals surface area (Å²) in [6.45, 7) is 5.69. The summed E-state index contributed by atoms with van der Waals surface area (Å²) in [6, 6.07) is 3.77. The third-order valence-electron chi connectivity index (χ3n) is 4.74. The van der Waals surface area contributed by atoms with Gasteiger partial charge in [-0.25, -0.2) is 4.99 Å². The van der Waals surface area contributed by atoms with Crippen molar-refractivity contribution in [3.8, 4) is 0 Å². The number of nitrogens with one attached hydrogen (secondary N) is 1. The molecule has 150 valence electrons. The Bertz CT molecular complexity index is 675. The molecule has 0 radical (unpaired) electrons. The van der Waals surface area contributed by atoms with Gasteiger partial charge in [-0.2, -0.15) is 13.2 Å². The van der Waals surface area contributed by atoms with Crippen LogP contribution in [-0.4, -0.2) is 48.5 Å². The van der Waals surface area contributed by atoms with Crippen molar-refractivity contribution < 1.29 is 23.2 Å². The van der Waals surface area contributed by atoms with Crippen molar-refractivity contribution in [1.29, 1.82) is 0 Å². The molecule has 0 bridgehead atoms. The van der Waals surface area contributed by atoms with E-state index in [1.165, 1.54) is 12.1 Å². The molecule has 6 nitrogen and oxygen atoms in total. The molecule has 1 aromatic rings. The highest BCUT2D eigenvalue weighted by atomic mass is 19.4. The van der Waals surface area contributed by atoms with Crippen molar-refractivity contribution in [2.24, 2.45) is 10.9 Å². The average Bonchev–Trinajstić information content (AvgIpc) is 2.66. The van der Waals surface area contributed by atoms with Gasteiger partial charge in [0.2, 0.25) is 5.91 Å². The largest absolute Gasteiger partial charge is 0.418 e. The highest BCUT2D eigenvalue weighted by molar-refractivity contribution is 5.80. The Morgan fingerprint density at radius 2 is 2.11 bits per heavy atom. The van der Waals surface area contributed by atoms with Crippen LogP contribution < -0.4 is 10.4 Å². The summed E-state index contributed by atoms with van der Waals surface area (Å²) in [4.78, 5) is 19.7. The van der Waals surface area contributed by atoms with Crippen LogP contribution in [0.4, 0.5) is 24.5 Å². The maximum absolute atomic E-state index is 13.6. The maximum Gasteiger partial charge on any atom is 0.418 e. The summed E-state index contributed by atoms with van der Waals surface area (Å²) < 4.78 is 40.7. The molecule has 1 unspecified atom stereocenters. The van der Waals surface area contributed by atoms with Crippen molar-refractivity contribution in [2.75, 3.05) is 31.1 Å². The van der Waals surface area contributed by atoms with E-state index < -0.39 is 11.7 Å². The van der Waals surface area contributed by atoms with E-state index in [0.29, 0.717) is 32.5 Å². The minimum Gasteiger partial charge on any atom is -0.370 e. The second-order valence-electron chi connectivity index (χ2n) is 6.38. The van der Waals surface area contributed by atoms with Gasteiger partial charge < -0.3 is 9.80 Å². The number of piperidine rings is 1. The topological polar surface area (TPSA) is 68.2 Å². The molecule has 1 heterocycles. The molecule has 27 heavy (non-hydrogen) atoms. The molecule has 1 atom stereocenters. The fourth-order valence-electron chi connectivity index (χ4n) is 3.40. The molecule has 9 heteroatoms. The van der Waals surface area contributed by atoms with Crippen LogP contribution in [0.3, 0.4) is 0 Å². The lowest BCUT2D eigenvalue weighted by Crippen LogP contribution is -2.45. The monoisotopic (exact) mass is 386 g/mol. The average molecular weight is 386 g/mol. The number of carbonyl (C=O) groups is 1. The van der Waals surface area contributed by atoms with Gasteiger partial charge >= 0.3 is 6.18 Å². The molecular formula is C18H25F3N4O2. The van der Waals surface area contributed by atoms with E-state index in [4.69, 9.17) is 5.21 Å². The Morgan fingerprint density at radius 3 is 2.70 bits per heavy atom. The number of benzene rings is 1. The Kier molecular flexibility index (Phi) is 7.06. The molecular weight excluding hydrogens is 361 g/mol. The number of anilines is 1. The number of hydrogen-bond donors (Lipinski definition) is 2. The fourth-order valence-corrected chi connectivity index (χ4v) is 3.40. The summed E-state index contributed by atoms with van der Waals surface area (Å²) in [5.74, 6) is -0.315. The smallest absolute Gasteiger partial charge is 0.370 e. The standard InChI is InChI=1S/C18H25F3N4O2/c1-3-24(4-2)17(26)13-6-5-9-25(11-13)16-8-7-14(22-12-23-27)10-15(16)18(19,20)21/h7-8,10,12-13,27H,3-6,9,11H2,1-2H3,(H,22,23). The van der Waals surface area contributed by atoms with E-state index >= 15 is 0 Å². The molecule has 1 aromatic carbocycles. The van der Waals surface area contributed by atoms with Crippen LogP contribution in [0.5, 0.6) is 0 Å². The predicted octanol–water partition coefficient (Wildman–Crippen LogP) is 3.43. The van der Waals surface area contributed by atoms with Crippen LogP contribution in [0.2, 0.25) is 0 Å². The second-order valence-corrected chi connectivity index (χ2v) is 6.38. The van der Waals surface area contributed by atoms with E-state index in [1.54, 1.807) is 15.3 Å². The first-order chi connectivity index (χ1) is 12.8.